The van der Waals surface area contributed by atoms with Crippen molar-refractivity contribution in [2.45, 2.75) is 71.1 Å². The van der Waals surface area contributed by atoms with E-state index in [9.17, 15) is 0 Å². The molecule has 0 unspecified atom stereocenters. The molecule has 3 heteroatoms. The summed E-state index contributed by atoms with van der Waals surface area (Å²) in [5.41, 5.74) is 12.6. The first kappa shape index (κ1) is 17.7. The second-order valence-electron chi connectivity index (χ2n) is 5.82. The fourth-order valence-electron chi connectivity index (χ4n) is 2.42. The van der Waals surface area contributed by atoms with Gasteiger partial charge in [0.1, 0.15) is 5.75 Å². The maximum Gasteiger partial charge on any atom is 0.121 e. The van der Waals surface area contributed by atoms with Crippen LogP contribution < -0.4 is 16.2 Å². The van der Waals surface area contributed by atoms with E-state index in [0.29, 0.717) is 11.4 Å². The van der Waals surface area contributed by atoms with E-state index in [-0.39, 0.29) is 0 Å². The van der Waals surface area contributed by atoms with Gasteiger partial charge in [-0.2, -0.15) is 0 Å². The molecule has 0 heterocycles. The van der Waals surface area contributed by atoms with Crippen LogP contribution in [-0.4, -0.2) is 6.61 Å². The van der Waals surface area contributed by atoms with Crippen molar-refractivity contribution in [2.75, 3.05) is 18.1 Å². The Morgan fingerprint density at radius 1 is 0.762 bits per heavy atom. The van der Waals surface area contributed by atoms with Gasteiger partial charge in [-0.15, -0.1) is 0 Å². The Morgan fingerprint density at radius 3 is 1.90 bits per heavy atom. The molecule has 1 rings (SSSR count). The van der Waals surface area contributed by atoms with E-state index in [4.69, 9.17) is 16.2 Å². The molecule has 0 fully saturated rings. The molecule has 0 aliphatic carbocycles. The molecular formula is C18H32N2O. The average molecular weight is 292 g/mol. The molecule has 21 heavy (non-hydrogen) atoms. The predicted octanol–water partition coefficient (Wildman–Crippen LogP) is 5.15. The molecule has 4 N–H and O–H groups in total. The van der Waals surface area contributed by atoms with Gasteiger partial charge in [0.25, 0.3) is 0 Å². The van der Waals surface area contributed by atoms with Crippen LogP contribution in [0.25, 0.3) is 0 Å². The van der Waals surface area contributed by atoms with E-state index in [2.05, 4.69) is 6.92 Å². The Morgan fingerprint density at radius 2 is 1.33 bits per heavy atom. The third kappa shape index (κ3) is 8.49. The molecule has 0 spiro atoms. The molecule has 0 amide bonds. The summed E-state index contributed by atoms with van der Waals surface area (Å²) in [5.74, 6) is 0.817. The van der Waals surface area contributed by atoms with Crippen molar-refractivity contribution in [3.63, 3.8) is 0 Å². The number of nitrogens with two attached hydrogens (primary N) is 2. The van der Waals surface area contributed by atoms with Gasteiger partial charge in [0.2, 0.25) is 0 Å². The topological polar surface area (TPSA) is 61.3 Å². The fourth-order valence-corrected chi connectivity index (χ4v) is 2.42. The van der Waals surface area contributed by atoms with Gasteiger partial charge in [-0.05, 0) is 18.6 Å². The maximum absolute atomic E-state index is 5.74. The van der Waals surface area contributed by atoms with Gasteiger partial charge in [-0.25, -0.2) is 0 Å². The van der Waals surface area contributed by atoms with Gasteiger partial charge in [-0.3, -0.25) is 0 Å². The number of unbranched alkanes of at least 4 members (excludes halogenated alkanes) is 9. The molecule has 0 saturated carbocycles. The Hall–Kier alpha value is -1.38. The fraction of sp³-hybridized carbons (Fsp3) is 0.667. The third-order valence-electron chi connectivity index (χ3n) is 3.82. The Labute approximate surface area is 130 Å². The number of rotatable bonds is 12. The van der Waals surface area contributed by atoms with Crippen molar-refractivity contribution in [3.05, 3.63) is 18.2 Å². The van der Waals surface area contributed by atoms with E-state index in [1.165, 1.54) is 57.8 Å². The van der Waals surface area contributed by atoms with Crippen molar-refractivity contribution in [2.24, 2.45) is 0 Å². The van der Waals surface area contributed by atoms with Gasteiger partial charge >= 0.3 is 0 Å². The number of ether oxygens (including phenoxy) is 1. The normalized spacial score (nSPS) is 10.7. The third-order valence-corrected chi connectivity index (χ3v) is 3.82. The minimum Gasteiger partial charge on any atom is -0.494 e. The summed E-state index contributed by atoms with van der Waals surface area (Å²) in [5, 5.41) is 0. The monoisotopic (exact) mass is 292 g/mol. The molecule has 0 aromatic heterocycles. The number of nitrogen functional groups attached to an aromatic ring is 2. The Kier molecular flexibility index (Phi) is 9.51. The molecular weight excluding hydrogens is 260 g/mol. The van der Waals surface area contributed by atoms with Crippen LogP contribution in [-0.2, 0) is 0 Å². The van der Waals surface area contributed by atoms with Crippen molar-refractivity contribution < 1.29 is 4.74 Å². The quantitative estimate of drug-likeness (QED) is 0.413. The number of hydrogen-bond acceptors (Lipinski definition) is 3. The zero-order chi connectivity index (χ0) is 15.3. The number of anilines is 2. The summed E-state index contributed by atoms with van der Waals surface area (Å²) in [6, 6.07) is 5.47. The summed E-state index contributed by atoms with van der Waals surface area (Å²) < 4.78 is 5.68. The summed E-state index contributed by atoms with van der Waals surface area (Å²) in [6.07, 6.45) is 13.4. The summed E-state index contributed by atoms with van der Waals surface area (Å²) in [4.78, 5) is 0. The van der Waals surface area contributed by atoms with E-state index < -0.39 is 0 Å². The Balaban J connectivity index is 1.91. The highest BCUT2D eigenvalue weighted by atomic mass is 16.5. The molecule has 3 nitrogen and oxygen atoms in total. The lowest BCUT2D eigenvalue weighted by Gasteiger charge is -2.08. The second-order valence-corrected chi connectivity index (χ2v) is 5.82. The van der Waals surface area contributed by atoms with Gasteiger partial charge in [0, 0.05) is 6.07 Å². The first-order valence-corrected chi connectivity index (χ1v) is 8.52. The van der Waals surface area contributed by atoms with E-state index in [0.717, 1.165) is 18.8 Å². The minimum absolute atomic E-state index is 0.593. The molecule has 1 aromatic rings. The van der Waals surface area contributed by atoms with E-state index >= 15 is 0 Å². The minimum atomic E-state index is 0.593. The molecule has 0 aliphatic heterocycles. The van der Waals surface area contributed by atoms with Crippen LogP contribution in [0.5, 0.6) is 5.75 Å². The highest BCUT2D eigenvalue weighted by Crippen LogP contribution is 2.21. The lowest BCUT2D eigenvalue weighted by Crippen LogP contribution is -1.99. The zero-order valence-electron chi connectivity index (χ0n) is 13.6. The van der Waals surface area contributed by atoms with Crippen LogP contribution in [0.4, 0.5) is 11.4 Å². The molecule has 0 bridgehead atoms. The molecule has 120 valence electrons. The zero-order valence-corrected chi connectivity index (χ0v) is 13.6. The van der Waals surface area contributed by atoms with E-state index in [1.807, 2.05) is 6.07 Å². The summed E-state index contributed by atoms with van der Waals surface area (Å²) in [7, 11) is 0. The van der Waals surface area contributed by atoms with Crippen molar-refractivity contribution in [1.29, 1.82) is 0 Å². The number of hydrogen-bond donors (Lipinski definition) is 2. The highest BCUT2D eigenvalue weighted by molar-refractivity contribution is 5.65. The Bertz CT molecular complexity index is 379. The maximum atomic E-state index is 5.74. The number of benzene rings is 1. The molecule has 0 radical (unpaired) electrons. The summed E-state index contributed by atoms with van der Waals surface area (Å²) in [6.45, 7) is 3.03. The lowest BCUT2D eigenvalue weighted by molar-refractivity contribution is 0.304. The first-order chi connectivity index (χ1) is 10.2. The van der Waals surface area contributed by atoms with Crippen LogP contribution in [0.2, 0.25) is 0 Å². The van der Waals surface area contributed by atoms with Crippen molar-refractivity contribution in [3.8, 4) is 5.75 Å². The van der Waals surface area contributed by atoms with Gasteiger partial charge in [0.15, 0.2) is 0 Å². The molecule has 0 atom stereocenters. The predicted molar refractivity (Wildman–Crippen MR) is 92.6 cm³/mol. The standard InChI is InChI=1S/C18H32N2O/c1-2-3-4-5-6-7-8-9-10-11-14-21-16-12-13-17(19)18(20)15-16/h12-13,15H,2-11,14,19-20H2,1H3. The highest BCUT2D eigenvalue weighted by Gasteiger charge is 1.98. The van der Waals surface area contributed by atoms with Gasteiger partial charge in [0.05, 0.1) is 18.0 Å². The summed E-state index contributed by atoms with van der Waals surface area (Å²) >= 11 is 0. The van der Waals surface area contributed by atoms with Gasteiger partial charge in [-0.1, -0.05) is 64.7 Å². The molecule has 0 saturated heterocycles. The first-order valence-electron chi connectivity index (χ1n) is 8.52. The van der Waals surface area contributed by atoms with Crippen LogP contribution in [0, 0.1) is 0 Å². The molecule has 0 aliphatic rings. The SMILES string of the molecule is CCCCCCCCCCCCOc1ccc(N)c(N)c1. The van der Waals surface area contributed by atoms with Gasteiger partial charge < -0.3 is 16.2 Å². The second kappa shape index (κ2) is 11.3. The molecule has 1 aromatic carbocycles. The van der Waals surface area contributed by atoms with Crippen LogP contribution >= 0.6 is 0 Å². The van der Waals surface area contributed by atoms with E-state index in [1.54, 1.807) is 12.1 Å². The van der Waals surface area contributed by atoms with Crippen LogP contribution in [0.3, 0.4) is 0 Å². The van der Waals surface area contributed by atoms with Crippen molar-refractivity contribution >= 4 is 11.4 Å². The van der Waals surface area contributed by atoms with Crippen LogP contribution in [0.15, 0.2) is 18.2 Å². The smallest absolute Gasteiger partial charge is 0.121 e. The average Bonchev–Trinajstić information content (AvgIpc) is 2.48. The lowest BCUT2D eigenvalue weighted by atomic mass is 10.1. The van der Waals surface area contributed by atoms with Crippen molar-refractivity contribution in [1.82, 2.24) is 0 Å². The largest absolute Gasteiger partial charge is 0.494 e. The van der Waals surface area contributed by atoms with Crippen LogP contribution in [0.1, 0.15) is 71.1 Å².